The topological polar surface area (TPSA) is 60.5 Å². The van der Waals surface area contributed by atoms with Gasteiger partial charge < -0.3 is 14.8 Å². The fourth-order valence-corrected chi connectivity index (χ4v) is 6.17. The third-order valence-electron chi connectivity index (χ3n) is 6.68. The summed E-state index contributed by atoms with van der Waals surface area (Å²) in [6.45, 7) is 4.80. The summed E-state index contributed by atoms with van der Waals surface area (Å²) in [7, 11) is 1.38. The number of nitrogens with one attached hydrogen (secondary N) is 1. The lowest BCUT2D eigenvalue weighted by molar-refractivity contribution is -0.139. The molecule has 0 aliphatic carbocycles. The van der Waals surface area contributed by atoms with Crippen LogP contribution in [0.5, 0.6) is 5.75 Å². The van der Waals surface area contributed by atoms with Gasteiger partial charge in [-0.15, -0.1) is 11.3 Å². The van der Waals surface area contributed by atoms with Gasteiger partial charge >= 0.3 is 5.97 Å². The molecule has 1 N–H and O–H groups in total. The quantitative estimate of drug-likeness (QED) is 0.365. The summed E-state index contributed by atoms with van der Waals surface area (Å²) >= 11 is 14.3. The largest absolute Gasteiger partial charge is 0.492 e. The van der Waals surface area contributed by atoms with Crippen molar-refractivity contribution < 1.29 is 14.3 Å². The molecule has 1 fully saturated rings. The van der Waals surface area contributed by atoms with Crippen molar-refractivity contribution in [2.75, 3.05) is 26.8 Å². The Morgan fingerprint density at radius 3 is 2.76 bits per heavy atom. The number of aromatic nitrogens is 1. The molecule has 176 valence electrons. The molecule has 1 aliphatic heterocycles. The molecule has 1 atom stereocenters. The van der Waals surface area contributed by atoms with Crippen molar-refractivity contribution in [3.05, 3.63) is 57.0 Å². The van der Waals surface area contributed by atoms with Gasteiger partial charge in [0.1, 0.15) is 5.75 Å². The number of esters is 1. The number of nitrogens with zero attached hydrogens (tertiary/aromatic N) is 1. The number of fused-ring (bicyclic) bond motifs is 1. The number of hydrogen-bond donors (Lipinski definition) is 1. The van der Waals surface area contributed by atoms with Crippen LogP contribution in [0.25, 0.3) is 10.2 Å². The van der Waals surface area contributed by atoms with E-state index in [4.69, 9.17) is 37.7 Å². The van der Waals surface area contributed by atoms with Crippen LogP contribution in [0.4, 0.5) is 0 Å². The number of carbonyl (C=O) groups is 1. The average molecular weight is 507 g/mol. The summed E-state index contributed by atoms with van der Waals surface area (Å²) in [6, 6.07) is 11.3. The summed E-state index contributed by atoms with van der Waals surface area (Å²) in [5.74, 6) is 0.604. The predicted octanol–water partition coefficient (Wildman–Crippen LogP) is 6.26. The van der Waals surface area contributed by atoms with E-state index < -0.39 is 0 Å². The Hall–Kier alpha value is -1.86. The first-order chi connectivity index (χ1) is 15.9. The van der Waals surface area contributed by atoms with E-state index in [2.05, 4.69) is 12.2 Å². The SMILES string of the molecule is COC(=O)Cc1ccc(Cl)c(OCCC2(C(C)c3nc4ccc(Cl)cc4s3)CCNCC2)c1. The van der Waals surface area contributed by atoms with E-state index in [1.165, 1.54) is 7.11 Å². The van der Waals surface area contributed by atoms with Crippen LogP contribution in [0.1, 0.15) is 42.7 Å². The first-order valence-corrected chi connectivity index (χ1v) is 12.7. The smallest absolute Gasteiger partial charge is 0.309 e. The molecule has 0 saturated carbocycles. The Kier molecular flexibility index (Phi) is 7.80. The predicted molar refractivity (Wildman–Crippen MR) is 135 cm³/mol. The van der Waals surface area contributed by atoms with Gasteiger partial charge in [0.15, 0.2) is 0 Å². The van der Waals surface area contributed by atoms with Crippen LogP contribution in [-0.4, -0.2) is 37.8 Å². The molecular weight excluding hydrogens is 479 g/mol. The molecule has 2 aromatic carbocycles. The molecule has 5 nitrogen and oxygen atoms in total. The van der Waals surface area contributed by atoms with Crippen molar-refractivity contribution in [3.63, 3.8) is 0 Å². The molecule has 4 rings (SSSR count). The first-order valence-electron chi connectivity index (χ1n) is 11.1. The van der Waals surface area contributed by atoms with Crippen LogP contribution in [0.3, 0.4) is 0 Å². The molecule has 1 aromatic heterocycles. The van der Waals surface area contributed by atoms with Crippen molar-refractivity contribution in [1.29, 1.82) is 0 Å². The highest BCUT2D eigenvalue weighted by Crippen LogP contribution is 2.47. The third kappa shape index (κ3) is 5.62. The number of rotatable bonds is 8. The fraction of sp³-hybridized carbons (Fsp3) is 0.440. The summed E-state index contributed by atoms with van der Waals surface area (Å²) in [6.07, 6.45) is 3.21. The van der Waals surface area contributed by atoms with Gasteiger partial charge in [0, 0.05) is 10.9 Å². The first kappa shape index (κ1) is 24.3. The van der Waals surface area contributed by atoms with E-state index in [-0.39, 0.29) is 17.8 Å². The standard InChI is InChI=1S/C25H28Cl2N2O3S/c1-16(24-29-20-6-4-18(26)15-22(20)33-24)25(7-10-28-11-8-25)9-12-32-21-13-17(3-5-19(21)27)14-23(30)31-2/h3-6,13,15-16,28H,7-12,14H2,1-2H3. The Bertz CT molecular complexity index is 1130. The number of hydrogen-bond acceptors (Lipinski definition) is 6. The van der Waals surface area contributed by atoms with Crippen molar-refractivity contribution in [3.8, 4) is 5.75 Å². The average Bonchev–Trinajstić information content (AvgIpc) is 3.24. The van der Waals surface area contributed by atoms with Crippen LogP contribution in [0, 0.1) is 5.41 Å². The maximum absolute atomic E-state index is 11.6. The van der Waals surface area contributed by atoms with E-state index in [1.807, 2.05) is 30.3 Å². The maximum Gasteiger partial charge on any atom is 0.309 e. The highest BCUT2D eigenvalue weighted by Gasteiger charge is 2.39. The number of carbonyl (C=O) groups excluding carboxylic acids is 1. The molecule has 0 radical (unpaired) electrons. The van der Waals surface area contributed by atoms with Crippen molar-refractivity contribution in [2.24, 2.45) is 5.41 Å². The number of halogens is 2. The van der Waals surface area contributed by atoms with Crippen molar-refractivity contribution >= 4 is 50.7 Å². The van der Waals surface area contributed by atoms with Gasteiger partial charge in [-0.25, -0.2) is 4.98 Å². The molecule has 0 bridgehead atoms. The van der Waals surface area contributed by atoms with Gasteiger partial charge in [0.2, 0.25) is 0 Å². The highest BCUT2D eigenvalue weighted by molar-refractivity contribution is 7.18. The zero-order valence-electron chi connectivity index (χ0n) is 18.8. The van der Waals surface area contributed by atoms with Crippen LogP contribution in [0.15, 0.2) is 36.4 Å². The second kappa shape index (κ2) is 10.6. The van der Waals surface area contributed by atoms with Gasteiger partial charge in [-0.3, -0.25) is 4.79 Å². The van der Waals surface area contributed by atoms with Gasteiger partial charge in [-0.2, -0.15) is 0 Å². The zero-order chi connectivity index (χ0) is 23.4. The molecule has 3 aromatic rings. The highest BCUT2D eigenvalue weighted by atomic mass is 35.5. The number of ether oxygens (including phenoxy) is 2. The number of benzene rings is 2. The van der Waals surface area contributed by atoms with Crippen LogP contribution in [-0.2, 0) is 16.0 Å². The Labute approximate surface area is 208 Å². The summed E-state index contributed by atoms with van der Waals surface area (Å²) in [5.41, 5.74) is 1.90. The molecule has 0 amide bonds. The molecule has 8 heteroatoms. The lowest BCUT2D eigenvalue weighted by Gasteiger charge is -2.42. The van der Waals surface area contributed by atoms with Crippen LogP contribution < -0.4 is 10.1 Å². The van der Waals surface area contributed by atoms with Gasteiger partial charge in [0.05, 0.1) is 40.4 Å². The number of methoxy groups -OCH3 is 1. The fourth-order valence-electron chi connectivity index (χ4n) is 4.56. The minimum Gasteiger partial charge on any atom is -0.492 e. The normalized spacial score (nSPS) is 16.5. The summed E-state index contributed by atoms with van der Waals surface area (Å²) in [5, 5.41) is 5.91. The van der Waals surface area contributed by atoms with E-state index in [9.17, 15) is 4.79 Å². The summed E-state index contributed by atoms with van der Waals surface area (Å²) < 4.78 is 12.0. The molecule has 1 aliphatic rings. The molecule has 33 heavy (non-hydrogen) atoms. The minimum atomic E-state index is -0.289. The Morgan fingerprint density at radius 1 is 1.21 bits per heavy atom. The zero-order valence-corrected chi connectivity index (χ0v) is 21.2. The van der Waals surface area contributed by atoms with E-state index in [0.29, 0.717) is 23.3 Å². The molecule has 1 saturated heterocycles. The number of piperidine rings is 1. The lowest BCUT2D eigenvalue weighted by atomic mass is 9.68. The van der Waals surface area contributed by atoms with E-state index in [1.54, 1.807) is 17.4 Å². The second-order valence-corrected chi connectivity index (χ2v) is 10.5. The lowest BCUT2D eigenvalue weighted by Crippen LogP contribution is -2.41. The third-order valence-corrected chi connectivity index (χ3v) is 8.43. The monoisotopic (exact) mass is 506 g/mol. The minimum absolute atomic E-state index is 0.0824. The number of thiazole rings is 1. The second-order valence-electron chi connectivity index (χ2n) is 8.61. The van der Waals surface area contributed by atoms with Gasteiger partial charge in [-0.05, 0) is 73.7 Å². The van der Waals surface area contributed by atoms with Crippen LogP contribution >= 0.6 is 34.5 Å². The summed E-state index contributed by atoms with van der Waals surface area (Å²) in [4.78, 5) is 16.6. The van der Waals surface area contributed by atoms with E-state index >= 15 is 0 Å². The van der Waals surface area contributed by atoms with E-state index in [0.717, 1.165) is 58.2 Å². The molecule has 1 unspecified atom stereocenters. The van der Waals surface area contributed by atoms with Crippen molar-refractivity contribution in [1.82, 2.24) is 10.3 Å². The Morgan fingerprint density at radius 2 is 2.00 bits per heavy atom. The maximum atomic E-state index is 11.6. The molecule has 0 spiro atoms. The molecule has 2 heterocycles. The molecular formula is C25H28Cl2N2O3S. The van der Waals surface area contributed by atoms with Gasteiger partial charge in [0.25, 0.3) is 0 Å². The van der Waals surface area contributed by atoms with Crippen LogP contribution in [0.2, 0.25) is 10.0 Å². The Balaban J connectivity index is 1.50. The van der Waals surface area contributed by atoms with Crippen molar-refractivity contribution in [2.45, 2.75) is 38.5 Å². The van der Waals surface area contributed by atoms with Gasteiger partial charge in [-0.1, -0.05) is 36.2 Å².